The zero-order valence-corrected chi connectivity index (χ0v) is 9.82. The van der Waals surface area contributed by atoms with Crippen LogP contribution in [0.15, 0.2) is 0 Å². The molecule has 1 aliphatic carbocycles. The van der Waals surface area contributed by atoms with E-state index in [1.54, 1.807) is 0 Å². The largest absolute Gasteiger partial charge is 0.378 e. The van der Waals surface area contributed by atoms with Crippen LogP contribution in [0.3, 0.4) is 0 Å². The second-order valence-electron chi connectivity index (χ2n) is 4.85. The number of nitrogens with two attached hydrogens (primary N) is 1. The summed E-state index contributed by atoms with van der Waals surface area (Å²) < 4.78 is 5.66. The Bertz CT molecular complexity index is 190. The van der Waals surface area contributed by atoms with Gasteiger partial charge >= 0.3 is 0 Å². The van der Waals surface area contributed by atoms with Crippen LogP contribution < -0.4 is 5.73 Å². The number of ether oxygens (including phenoxy) is 1. The lowest BCUT2D eigenvalue weighted by atomic mass is 10.0. The van der Waals surface area contributed by atoms with Crippen molar-refractivity contribution in [2.45, 2.75) is 57.2 Å². The molecule has 15 heavy (non-hydrogen) atoms. The highest BCUT2D eigenvalue weighted by Gasteiger charge is 2.31. The molecule has 0 spiro atoms. The Kier molecular flexibility index (Phi) is 4.00. The topological polar surface area (TPSA) is 38.5 Å². The fourth-order valence-electron chi connectivity index (χ4n) is 3.03. The highest BCUT2D eigenvalue weighted by molar-refractivity contribution is 4.90. The molecule has 2 rings (SSSR count). The Hall–Kier alpha value is -0.120. The number of likely N-dealkylation sites (tertiary alicyclic amines) is 1. The van der Waals surface area contributed by atoms with Crippen molar-refractivity contribution in [3.05, 3.63) is 0 Å². The highest BCUT2D eigenvalue weighted by Crippen LogP contribution is 2.26. The fourth-order valence-corrected chi connectivity index (χ4v) is 3.03. The van der Waals surface area contributed by atoms with Gasteiger partial charge in [0.25, 0.3) is 0 Å². The summed E-state index contributed by atoms with van der Waals surface area (Å²) in [5.74, 6) is 0. The van der Waals surface area contributed by atoms with E-state index in [-0.39, 0.29) is 0 Å². The molecule has 2 atom stereocenters. The monoisotopic (exact) mass is 212 g/mol. The minimum absolute atomic E-state index is 0.425. The van der Waals surface area contributed by atoms with E-state index >= 15 is 0 Å². The maximum absolute atomic E-state index is 6.13. The first kappa shape index (κ1) is 11.4. The minimum Gasteiger partial charge on any atom is -0.378 e. The smallest absolute Gasteiger partial charge is 0.0599 e. The van der Waals surface area contributed by atoms with Crippen molar-refractivity contribution in [3.63, 3.8) is 0 Å². The van der Waals surface area contributed by atoms with Crippen LogP contribution in [0.5, 0.6) is 0 Å². The Morgan fingerprint density at radius 1 is 1.20 bits per heavy atom. The predicted molar refractivity (Wildman–Crippen MR) is 61.8 cm³/mol. The van der Waals surface area contributed by atoms with Gasteiger partial charge in [-0.25, -0.2) is 0 Å². The van der Waals surface area contributed by atoms with Crippen molar-refractivity contribution >= 4 is 0 Å². The molecule has 0 amide bonds. The maximum atomic E-state index is 6.13. The Labute approximate surface area is 93.0 Å². The molecular formula is C12H24N2O. The molecule has 3 heteroatoms. The summed E-state index contributed by atoms with van der Waals surface area (Å²) in [6, 6.07) is 1.08. The third-order valence-corrected chi connectivity index (χ3v) is 3.88. The maximum Gasteiger partial charge on any atom is 0.0599 e. The number of piperidine rings is 1. The summed E-state index contributed by atoms with van der Waals surface area (Å²) in [6.45, 7) is 5.30. The number of nitrogens with zero attached hydrogens (tertiary/aromatic N) is 1. The molecular weight excluding hydrogens is 188 g/mol. The molecule has 1 aliphatic heterocycles. The second kappa shape index (κ2) is 5.28. The molecule has 2 fully saturated rings. The average molecular weight is 212 g/mol. The molecule has 0 radical (unpaired) electrons. The van der Waals surface area contributed by atoms with Crippen molar-refractivity contribution in [2.75, 3.05) is 19.7 Å². The first-order valence-corrected chi connectivity index (χ1v) is 6.42. The predicted octanol–water partition coefficient (Wildman–Crippen LogP) is 1.37. The molecule has 3 nitrogen and oxygen atoms in total. The van der Waals surface area contributed by atoms with Gasteiger partial charge in [0.1, 0.15) is 0 Å². The molecule has 1 saturated heterocycles. The molecule has 0 bridgehead atoms. The summed E-state index contributed by atoms with van der Waals surface area (Å²) in [6.07, 6.45) is 6.73. The normalized spacial score (nSPS) is 34.8. The van der Waals surface area contributed by atoms with Crippen LogP contribution in [0.1, 0.15) is 39.0 Å². The Morgan fingerprint density at radius 2 is 1.93 bits per heavy atom. The van der Waals surface area contributed by atoms with Crippen LogP contribution in [-0.2, 0) is 4.74 Å². The number of hydrogen-bond donors (Lipinski definition) is 1. The van der Waals surface area contributed by atoms with Gasteiger partial charge in [0.2, 0.25) is 0 Å². The molecule has 1 saturated carbocycles. The lowest BCUT2D eigenvalue weighted by molar-refractivity contribution is 0.00306. The first-order chi connectivity index (χ1) is 7.31. The molecule has 1 heterocycles. The van der Waals surface area contributed by atoms with E-state index in [2.05, 4.69) is 11.8 Å². The quantitative estimate of drug-likeness (QED) is 0.768. The Morgan fingerprint density at radius 3 is 2.47 bits per heavy atom. The van der Waals surface area contributed by atoms with Gasteiger partial charge in [0, 0.05) is 31.8 Å². The third-order valence-electron chi connectivity index (χ3n) is 3.88. The van der Waals surface area contributed by atoms with Crippen molar-refractivity contribution in [1.29, 1.82) is 0 Å². The minimum atomic E-state index is 0.425. The lowest BCUT2D eigenvalue weighted by Crippen LogP contribution is -2.49. The van der Waals surface area contributed by atoms with Gasteiger partial charge in [-0.05, 0) is 32.6 Å². The number of rotatable bonds is 3. The molecule has 0 aromatic carbocycles. The van der Waals surface area contributed by atoms with Gasteiger partial charge in [0.05, 0.1) is 6.10 Å². The van der Waals surface area contributed by atoms with Crippen LogP contribution in [0, 0.1) is 0 Å². The zero-order valence-electron chi connectivity index (χ0n) is 9.82. The van der Waals surface area contributed by atoms with E-state index in [9.17, 15) is 0 Å². The SMILES string of the molecule is CCOC1CCN(C2CCCC2N)CC1. The van der Waals surface area contributed by atoms with Crippen molar-refractivity contribution < 1.29 is 4.74 Å². The van der Waals surface area contributed by atoms with Crippen molar-refractivity contribution in [2.24, 2.45) is 5.73 Å². The standard InChI is InChI=1S/C12H24N2O/c1-2-15-10-6-8-14(9-7-10)12-5-3-4-11(12)13/h10-12H,2-9,13H2,1H3. The van der Waals surface area contributed by atoms with Gasteiger partial charge in [-0.3, -0.25) is 4.90 Å². The lowest BCUT2D eigenvalue weighted by Gasteiger charge is -2.37. The van der Waals surface area contributed by atoms with E-state index < -0.39 is 0 Å². The molecule has 2 aliphatic rings. The van der Waals surface area contributed by atoms with Gasteiger partial charge in [0.15, 0.2) is 0 Å². The summed E-state index contributed by atoms with van der Waals surface area (Å²) >= 11 is 0. The van der Waals surface area contributed by atoms with E-state index in [1.165, 1.54) is 45.2 Å². The van der Waals surface area contributed by atoms with E-state index in [1.807, 2.05) is 0 Å². The summed E-state index contributed by atoms with van der Waals surface area (Å²) in [5.41, 5.74) is 6.13. The van der Waals surface area contributed by atoms with Crippen LogP contribution in [0.4, 0.5) is 0 Å². The fraction of sp³-hybridized carbons (Fsp3) is 1.00. The summed E-state index contributed by atoms with van der Waals surface area (Å²) in [7, 11) is 0. The van der Waals surface area contributed by atoms with E-state index in [4.69, 9.17) is 10.5 Å². The molecule has 2 unspecified atom stereocenters. The second-order valence-corrected chi connectivity index (χ2v) is 4.85. The van der Waals surface area contributed by atoms with Gasteiger partial charge in [-0.2, -0.15) is 0 Å². The molecule has 88 valence electrons. The van der Waals surface area contributed by atoms with Crippen LogP contribution in [0.2, 0.25) is 0 Å². The van der Waals surface area contributed by atoms with Crippen LogP contribution in [-0.4, -0.2) is 42.8 Å². The van der Waals surface area contributed by atoms with Crippen molar-refractivity contribution in [1.82, 2.24) is 4.90 Å². The van der Waals surface area contributed by atoms with E-state index in [0.29, 0.717) is 18.2 Å². The highest BCUT2D eigenvalue weighted by atomic mass is 16.5. The van der Waals surface area contributed by atoms with Gasteiger partial charge in [-0.15, -0.1) is 0 Å². The summed E-state index contributed by atoms with van der Waals surface area (Å²) in [5, 5.41) is 0. The number of hydrogen-bond acceptors (Lipinski definition) is 3. The average Bonchev–Trinajstić information content (AvgIpc) is 2.66. The van der Waals surface area contributed by atoms with Gasteiger partial charge < -0.3 is 10.5 Å². The van der Waals surface area contributed by atoms with Crippen LogP contribution >= 0.6 is 0 Å². The summed E-state index contributed by atoms with van der Waals surface area (Å²) in [4.78, 5) is 2.59. The molecule has 0 aromatic heterocycles. The molecule has 2 N–H and O–H groups in total. The zero-order chi connectivity index (χ0) is 10.7. The van der Waals surface area contributed by atoms with Crippen molar-refractivity contribution in [3.8, 4) is 0 Å². The van der Waals surface area contributed by atoms with Gasteiger partial charge in [-0.1, -0.05) is 6.42 Å². The molecule has 0 aromatic rings. The Balaban J connectivity index is 1.77. The van der Waals surface area contributed by atoms with E-state index in [0.717, 1.165) is 6.61 Å². The first-order valence-electron chi connectivity index (χ1n) is 6.42. The third kappa shape index (κ3) is 2.71. The van der Waals surface area contributed by atoms with Crippen LogP contribution in [0.25, 0.3) is 0 Å².